The zero-order valence-electron chi connectivity index (χ0n) is 17.3. The van der Waals surface area contributed by atoms with E-state index in [0.717, 1.165) is 5.56 Å². The monoisotopic (exact) mass is 431 g/mol. The number of hydrogen-bond acceptors (Lipinski definition) is 3. The molecule has 1 aromatic heterocycles. The summed E-state index contributed by atoms with van der Waals surface area (Å²) in [6.45, 7) is 4.30. The lowest BCUT2D eigenvalue weighted by atomic mass is 10.1. The van der Waals surface area contributed by atoms with Gasteiger partial charge in [-0.15, -0.1) is 0 Å². The number of para-hydroxylation sites is 3. The first-order valence-corrected chi connectivity index (χ1v) is 10.3. The van der Waals surface area contributed by atoms with E-state index in [1.54, 1.807) is 23.7 Å². The standard InChI is InChI=1S/C25H22ClN3O2/c1-17-12-14-19(15-13-17)16-29-24(26)23(18(2)28-29)25(30)27-21-10-6-7-11-22(21)31-20-8-4-3-5-9-20/h3-15H,16H2,1-2H3,(H,27,30). The highest BCUT2D eigenvalue weighted by molar-refractivity contribution is 6.33. The Labute approximate surface area is 186 Å². The molecule has 156 valence electrons. The minimum Gasteiger partial charge on any atom is -0.455 e. The number of nitrogens with zero attached hydrogens (tertiary/aromatic N) is 2. The lowest BCUT2D eigenvalue weighted by Crippen LogP contribution is -2.14. The number of anilines is 1. The van der Waals surface area contributed by atoms with Crippen LogP contribution in [0.5, 0.6) is 11.5 Å². The van der Waals surface area contributed by atoms with Gasteiger partial charge in [0.25, 0.3) is 5.91 Å². The van der Waals surface area contributed by atoms with Gasteiger partial charge in [-0.05, 0) is 43.7 Å². The van der Waals surface area contributed by atoms with Gasteiger partial charge in [0.1, 0.15) is 10.9 Å². The third-order valence-corrected chi connectivity index (χ3v) is 5.24. The van der Waals surface area contributed by atoms with Gasteiger partial charge in [-0.1, -0.05) is 71.8 Å². The predicted octanol–water partition coefficient (Wildman–Crippen LogP) is 6.25. The van der Waals surface area contributed by atoms with E-state index in [9.17, 15) is 4.79 Å². The first-order chi connectivity index (χ1) is 15.0. The summed E-state index contributed by atoms with van der Waals surface area (Å²) in [7, 11) is 0. The van der Waals surface area contributed by atoms with Crippen LogP contribution in [0.2, 0.25) is 5.15 Å². The van der Waals surface area contributed by atoms with Crippen LogP contribution in [0.15, 0.2) is 78.9 Å². The fourth-order valence-electron chi connectivity index (χ4n) is 3.24. The molecular weight excluding hydrogens is 410 g/mol. The van der Waals surface area contributed by atoms with E-state index in [-0.39, 0.29) is 5.91 Å². The second kappa shape index (κ2) is 9.06. The van der Waals surface area contributed by atoms with Crippen molar-refractivity contribution < 1.29 is 9.53 Å². The normalized spacial score (nSPS) is 10.7. The second-order valence-electron chi connectivity index (χ2n) is 7.26. The summed E-state index contributed by atoms with van der Waals surface area (Å²) in [6.07, 6.45) is 0. The zero-order valence-corrected chi connectivity index (χ0v) is 18.1. The maximum Gasteiger partial charge on any atom is 0.260 e. The first kappa shape index (κ1) is 20.7. The molecule has 0 saturated carbocycles. The molecule has 0 aliphatic carbocycles. The first-order valence-electron chi connectivity index (χ1n) is 9.93. The maximum atomic E-state index is 13.1. The minimum absolute atomic E-state index is 0.303. The number of aromatic nitrogens is 2. The SMILES string of the molecule is Cc1ccc(Cn2nc(C)c(C(=O)Nc3ccccc3Oc3ccccc3)c2Cl)cc1. The fraction of sp³-hybridized carbons (Fsp3) is 0.120. The number of rotatable bonds is 6. The predicted molar refractivity (Wildman–Crippen MR) is 123 cm³/mol. The molecule has 1 N–H and O–H groups in total. The molecule has 0 saturated heterocycles. The molecule has 5 nitrogen and oxygen atoms in total. The molecule has 6 heteroatoms. The summed E-state index contributed by atoms with van der Waals surface area (Å²) in [5, 5.41) is 7.69. The lowest BCUT2D eigenvalue weighted by molar-refractivity contribution is 0.102. The highest BCUT2D eigenvalue weighted by Gasteiger charge is 2.21. The molecule has 0 radical (unpaired) electrons. The fourth-order valence-corrected chi connectivity index (χ4v) is 3.56. The van der Waals surface area contributed by atoms with Crippen molar-refractivity contribution in [2.75, 3.05) is 5.32 Å². The van der Waals surface area contributed by atoms with Crippen molar-refractivity contribution in [1.29, 1.82) is 0 Å². The smallest absolute Gasteiger partial charge is 0.260 e. The molecule has 0 unspecified atom stereocenters. The Kier molecular flexibility index (Phi) is 6.05. The van der Waals surface area contributed by atoms with Gasteiger partial charge in [0.15, 0.2) is 5.75 Å². The van der Waals surface area contributed by atoms with Gasteiger partial charge in [0, 0.05) is 0 Å². The second-order valence-corrected chi connectivity index (χ2v) is 7.62. The summed E-state index contributed by atoms with van der Waals surface area (Å²) >= 11 is 6.55. The van der Waals surface area contributed by atoms with Gasteiger partial charge >= 0.3 is 0 Å². The Morgan fingerprint density at radius 1 is 0.968 bits per heavy atom. The molecule has 3 aromatic carbocycles. The van der Waals surface area contributed by atoms with Crippen molar-refractivity contribution in [2.24, 2.45) is 0 Å². The van der Waals surface area contributed by atoms with Gasteiger partial charge in [0.05, 0.1) is 23.5 Å². The van der Waals surface area contributed by atoms with Crippen LogP contribution in [0, 0.1) is 13.8 Å². The van der Waals surface area contributed by atoms with E-state index in [0.29, 0.717) is 40.1 Å². The Hall–Kier alpha value is -3.57. The largest absolute Gasteiger partial charge is 0.455 e. The van der Waals surface area contributed by atoms with Crippen LogP contribution in [-0.4, -0.2) is 15.7 Å². The van der Waals surface area contributed by atoms with Crippen LogP contribution >= 0.6 is 11.6 Å². The summed E-state index contributed by atoms with van der Waals surface area (Å²) in [5.41, 5.74) is 3.71. The molecule has 1 amide bonds. The van der Waals surface area contributed by atoms with Crippen LogP contribution < -0.4 is 10.1 Å². The van der Waals surface area contributed by atoms with Gasteiger partial charge in [-0.3, -0.25) is 4.79 Å². The summed E-state index contributed by atoms with van der Waals surface area (Å²) in [4.78, 5) is 13.1. The number of ether oxygens (including phenoxy) is 1. The number of benzene rings is 3. The molecule has 4 rings (SSSR count). The van der Waals surface area contributed by atoms with Gasteiger partial charge in [-0.25, -0.2) is 4.68 Å². The molecule has 0 bridgehead atoms. The van der Waals surface area contributed by atoms with E-state index in [4.69, 9.17) is 16.3 Å². The molecule has 0 fully saturated rings. The molecule has 0 spiro atoms. The minimum atomic E-state index is -0.332. The summed E-state index contributed by atoms with van der Waals surface area (Å²) in [6, 6.07) is 24.8. The maximum absolute atomic E-state index is 13.1. The van der Waals surface area contributed by atoms with E-state index in [2.05, 4.69) is 10.4 Å². The van der Waals surface area contributed by atoms with Crippen molar-refractivity contribution in [3.63, 3.8) is 0 Å². The van der Waals surface area contributed by atoms with Crippen LogP contribution in [0.25, 0.3) is 0 Å². The van der Waals surface area contributed by atoms with Gasteiger partial charge in [-0.2, -0.15) is 5.10 Å². The highest BCUT2D eigenvalue weighted by Crippen LogP contribution is 2.30. The average Bonchev–Trinajstić information content (AvgIpc) is 3.05. The van der Waals surface area contributed by atoms with E-state index < -0.39 is 0 Å². The number of amides is 1. The third-order valence-electron chi connectivity index (χ3n) is 4.85. The Bertz CT molecular complexity index is 1200. The topological polar surface area (TPSA) is 56.2 Å². The third kappa shape index (κ3) is 4.78. The van der Waals surface area contributed by atoms with Crippen molar-refractivity contribution >= 4 is 23.2 Å². The van der Waals surface area contributed by atoms with Crippen molar-refractivity contribution in [2.45, 2.75) is 20.4 Å². The molecular formula is C25H22ClN3O2. The number of carbonyl (C=O) groups excluding carboxylic acids is 1. The zero-order chi connectivity index (χ0) is 21.8. The van der Waals surface area contributed by atoms with Crippen LogP contribution in [0.1, 0.15) is 27.2 Å². The molecule has 1 heterocycles. The van der Waals surface area contributed by atoms with E-state index >= 15 is 0 Å². The Balaban J connectivity index is 1.56. The van der Waals surface area contributed by atoms with Crippen LogP contribution in [-0.2, 0) is 6.54 Å². The van der Waals surface area contributed by atoms with Crippen molar-refractivity contribution in [3.05, 3.63) is 106 Å². The van der Waals surface area contributed by atoms with Crippen molar-refractivity contribution in [3.8, 4) is 11.5 Å². The number of nitrogens with one attached hydrogen (secondary N) is 1. The quantitative estimate of drug-likeness (QED) is 0.392. The van der Waals surface area contributed by atoms with Crippen molar-refractivity contribution in [1.82, 2.24) is 9.78 Å². The number of halogens is 1. The van der Waals surface area contributed by atoms with Crippen LogP contribution in [0.3, 0.4) is 0 Å². The van der Waals surface area contributed by atoms with Crippen LogP contribution in [0.4, 0.5) is 5.69 Å². The molecule has 4 aromatic rings. The van der Waals surface area contributed by atoms with E-state index in [1.807, 2.05) is 73.7 Å². The molecule has 0 aliphatic rings. The molecule has 31 heavy (non-hydrogen) atoms. The highest BCUT2D eigenvalue weighted by atomic mass is 35.5. The van der Waals surface area contributed by atoms with E-state index in [1.165, 1.54) is 5.56 Å². The Morgan fingerprint density at radius 3 is 2.39 bits per heavy atom. The lowest BCUT2D eigenvalue weighted by Gasteiger charge is -2.12. The number of hydrogen-bond donors (Lipinski definition) is 1. The summed E-state index contributed by atoms with van der Waals surface area (Å²) in [5.74, 6) is 0.897. The Morgan fingerprint density at radius 2 is 1.65 bits per heavy atom. The number of aryl methyl sites for hydroxylation is 2. The summed E-state index contributed by atoms with van der Waals surface area (Å²) < 4.78 is 7.57. The molecule has 0 atom stereocenters. The van der Waals surface area contributed by atoms with Gasteiger partial charge in [0.2, 0.25) is 0 Å². The number of carbonyl (C=O) groups is 1. The molecule has 0 aliphatic heterocycles. The average molecular weight is 432 g/mol. The van der Waals surface area contributed by atoms with Gasteiger partial charge < -0.3 is 10.1 Å².